The summed E-state index contributed by atoms with van der Waals surface area (Å²) in [5, 5.41) is 0. The topological polar surface area (TPSA) is 72.9 Å². The second-order valence-electron chi connectivity index (χ2n) is 5.39. The molecule has 0 unspecified atom stereocenters. The van der Waals surface area contributed by atoms with Crippen LogP contribution in [-0.4, -0.2) is 56.9 Å². The van der Waals surface area contributed by atoms with Gasteiger partial charge in [0.15, 0.2) is 0 Å². The predicted molar refractivity (Wildman–Crippen MR) is 69.2 cm³/mol. The molecule has 0 heterocycles. The SMILES string of the molecule is C[C@H](CN(CC(F)F)C(=O)OC(C)(C)C)OS(C)(=O)=O. The predicted octanol–water partition coefficient (Wildman–Crippen LogP) is 1.85. The van der Waals surface area contributed by atoms with Crippen molar-refractivity contribution >= 4 is 16.2 Å². The molecule has 0 spiro atoms. The highest BCUT2D eigenvalue weighted by molar-refractivity contribution is 7.86. The Morgan fingerprint density at radius 1 is 1.25 bits per heavy atom. The Bertz CT molecular complexity index is 419. The number of rotatable bonds is 6. The zero-order valence-corrected chi connectivity index (χ0v) is 13.0. The first kappa shape index (κ1) is 19.0. The molecular weight excluding hydrogens is 296 g/mol. The van der Waals surface area contributed by atoms with Crippen molar-refractivity contribution in [1.29, 1.82) is 0 Å². The van der Waals surface area contributed by atoms with Crippen LogP contribution in [0.15, 0.2) is 0 Å². The fourth-order valence-electron chi connectivity index (χ4n) is 1.36. The van der Waals surface area contributed by atoms with Crippen molar-refractivity contribution in [2.24, 2.45) is 0 Å². The Morgan fingerprint density at radius 2 is 1.75 bits per heavy atom. The van der Waals surface area contributed by atoms with E-state index in [0.29, 0.717) is 0 Å². The van der Waals surface area contributed by atoms with E-state index in [1.54, 1.807) is 20.8 Å². The molecule has 6 nitrogen and oxygen atoms in total. The van der Waals surface area contributed by atoms with Crippen molar-refractivity contribution in [2.45, 2.75) is 45.8 Å². The molecule has 120 valence electrons. The third kappa shape index (κ3) is 9.90. The second kappa shape index (κ2) is 7.16. The van der Waals surface area contributed by atoms with Crippen LogP contribution in [-0.2, 0) is 19.0 Å². The summed E-state index contributed by atoms with van der Waals surface area (Å²) in [5.74, 6) is 0. The number of hydrogen-bond donors (Lipinski definition) is 0. The largest absolute Gasteiger partial charge is 0.444 e. The lowest BCUT2D eigenvalue weighted by molar-refractivity contribution is 0.00271. The monoisotopic (exact) mass is 317 g/mol. The van der Waals surface area contributed by atoms with Gasteiger partial charge in [0.1, 0.15) is 5.60 Å². The number of hydrogen-bond acceptors (Lipinski definition) is 5. The van der Waals surface area contributed by atoms with E-state index < -0.39 is 40.9 Å². The van der Waals surface area contributed by atoms with Gasteiger partial charge < -0.3 is 4.74 Å². The number of nitrogens with zero attached hydrogens (tertiary/aromatic N) is 1. The molecule has 1 amide bonds. The van der Waals surface area contributed by atoms with E-state index in [-0.39, 0.29) is 6.54 Å². The van der Waals surface area contributed by atoms with Gasteiger partial charge in [-0.15, -0.1) is 0 Å². The first-order chi connectivity index (χ1) is 8.80. The molecule has 0 aromatic carbocycles. The average Bonchev–Trinajstić information content (AvgIpc) is 2.09. The van der Waals surface area contributed by atoms with Crippen molar-refractivity contribution < 1.29 is 30.9 Å². The summed E-state index contributed by atoms with van der Waals surface area (Å²) >= 11 is 0. The van der Waals surface area contributed by atoms with Crippen LogP contribution in [0.25, 0.3) is 0 Å². The highest BCUT2D eigenvalue weighted by atomic mass is 32.2. The van der Waals surface area contributed by atoms with Gasteiger partial charge in [0.05, 0.1) is 25.4 Å². The molecule has 0 bridgehead atoms. The number of ether oxygens (including phenoxy) is 1. The third-order valence-corrected chi connectivity index (χ3v) is 2.50. The Morgan fingerprint density at radius 3 is 2.10 bits per heavy atom. The Kier molecular flexibility index (Phi) is 6.82. The first-order valence-electron chi connectivity index (χ1n) is 5.94. The second-order valence-corrected chi connectivity index (χ2v) is 6.99. The molecule has 0 aromatic rings. The Labute approximate surface area is 118 Å². The smallest absolute Gasteiger partial charge is 0.410 e. The molecule has 0 aromatic heterocycles. The molecule has 1 atom stereocenters. The zero-order valence-electron chi connectivity index (χ0n) is 12.2. The van der Waals surface area contributed by atoms with Gasteiger partial charge in [-0.2, -0.15) is 8.42 Å². The van der Waals surface area contributed by atoms with Gasteiger partial charge in [-0.3, -0.25) is 9.08 Å². The lowest BCUT2D eigenvalue weighted by Gasteiger charge is -2.28. The van der Waals surface area contributed by atoms with Gasteiger partial charge in [-0.05, 0) is 27.7 Å². The summed E-state index contributed by atoms with van der Waals surface area (Å²) in [6.45, 7) is 4.99. The maximum atomic E-state index is 12.5. The fourth-order valence-corrected chi connectivity index (χ4v) is 2.01. The van der Waals surface area contributed by atoms with E-state index in [9.17, 15) is 22.0 Å². The molecule has 20 heavy (non-hydrogen) atoms. The number of amides is 1. The minimum absolute atomic E-state index is 0.313. The fraction of sp³-hybridized carbons (Fsp3) is 0.909. The third-order valence-electron chi connectivity index (χ3n) is 1.83. The van der Waals surface area contributed by atoms with Crippen LogP contribution in [0.1, 0.15) is 27.7 Å². The van der Waals surface area contributed by atoms with Crippen molar-refractivity contribution in [1.82, 2.24) is 4.90 Å². The summed E-state index contributed by atoms with van der Waals surface area (Å²) < 4.78 is 56.4. The van der Waals surface area contributed by atoms with Crippen LogP contribution in [0.3, 0.4) is 0 Å². The molecule has 0 fully saturated rings. The summed E-state index contributed by atoms with van der Waals surface area (Å²) in [6, 6.07) is 0. The van der Waals surface area contributed by atoms with Gasteiger partial charge in [-0.1, -0.05) is 0 Å². The van der Waals surface area contributed by atoms with Crippen LogP contribution >= 0.6 is 0 Å². The molecule has 0 aliphatic rings. The molecule has 0 saturated heterocycles. The van der Waals surface area contributed by atoms with Gasteiger partial charge in [0.25, 0.3) is 16.5 Å². The van der Waals surface area contributed by atoms with E-state index in [1.165, 1.54) is 6.92 Å². The van der Waals surface area contributed by atoms with Crippen LogP contribution in [0.5, 0.6) is 0 Å². The van der Waals surface area contributed by atoms with Crippen LogP contribution in [0.2, 0.25) is 0 Å². The van der Waals surface area contributed by atoms with Crippen molar-refractivity contribution in [3.63, 3.8) is 0 Å². The first-order valence-corrected chi connectivity index (χ1v) is 7.76. The van der Waals surface area contributed by atoms with Gasteiger partial charge in [-0.25, -0.2) is 13.6 Å². The van der Waals surface area contributed by atoms with E-state index in [2.05, 4.69) is 4.18 Å². The quantitative estimate of drug-likeness (QED) is 0.699. The Balaban J connectivity index is 4.76. The van der Waals surface area contributed by atoms with Crippen molar-refractivity contribution in [2.75, 3.05) is 19.3 Å². The highest BCUT2D eigenvalue weighted by Gasteiger charge is 2.27. The normalized spacial score (nSPS) is 14.2. The molecular formula is C11H21F2NO5S. The van der Waals surface area contributed by atoms with Crippen molar-refractivity contribution in [3.8, 4) is 0 Å². The minimum Gasteiger partial charge on any atom is -0.444 e. The number of carbonyl (C=O) groups is 1. The lowest BCUT2D eigenvalue weighted by Crippen LogP contribution is -2.43. The summed E-state index contributed by atoms with van der Waals surface area (Å²) in [6.07, 6.45) is -3.81. The van der Waals surface area contributed by atoms with Gasteiger partial charge >= 0.3 is 6.09 Å². The van der Waals surface area contributed by atoms with Crippen LogP contribution in [0.4, 0.5) is 13.6 Å². The molecule has 0 N–H and O–H groups in total. The molecule has 0 radical (unpaired) electrons. The minimum atomic E-state index is -3.72. The number of carbonyl (C=O) groups excluding carboxylic acids is 1. The lowest BCUT2D eigenvalue weighted by atomic mass is 10.2. The van der Waals surface area contributed by atoms with Gasteiger partial charge in [0.2, 0.25) is 0 Å². The van der Waals surface area contributed by atoms with Gasteiger partial charge in [0, 0.05) is 0 Å². The maximum Gasteiger partial charge on any atom is 0.410 e. The summed E-state index contributed by atoms with van der Waals surface area (Å²) in [5.41, 5.74) is -0.835. The molecule has 0 aliphatic heterocycles. The van der Waals surface area contributed by atoms with E-state index in [1.807, 2.05) is 0 Å². The maximum absolute atomic E-state index is 12.5. The van der Waals surface area contributed by atoms with Crippen LogP contribution < -0.4 is 0 Å². The van der Waals surface area contributed by atoms with Crippen molar-refractivity contribution in [3.05, 3.63) is 0 Å². The molecule has 0 aliphatic carbocycles. The number of halogens is 2. The number of alkyl halides is 2. The Hall–Kier alpha value is -0.960. The average molecular weight is 317 g/mol. The van der Waals surface area contributed by atoms with Crippen LogP contribution in [0, 0.1) is 0 Å². The summed E-state index contributed by atoms with van der Waals surface area (Å²) in [7, 11) is -3.72. The van der Waals surface area contributed by atoms with E-state index >= 15 is 0 Å². The van der Waals surface area contributed by atoms with E-state index in [0.717, 1.165) is 11.2 Å². The highest BCUT2D eigenvalue weighted by Crippen LogP contribution is 2.12. The molecule has 0 saturated carbocycles. The summed E-state index contributed by atoms with van der Waals surface area (Å²) in [4.78, 5) is 12.5. The standard InChI is InChI=1S/C11H21F2NO5S/c1-8(19-20(5,16)17)6-14(7-9(12)13)10(15)18-11(2,3)4/h8-9H,6-7H2,1-5H3/t8-/m1/s1. The molecule has 0 rings (SSSR count). The zero-order chi connectivity index (χ0) is 16.1. The van der Waals surface area contributed by atoms with E-state index in [4.69, 9.17) is 4.74 Å². The molecule has 9 heteroatoms.